The van der Waals surface area contributed by atoms with E-state index in [0.29, 0.717) is 23.1 Å². The zero-order valence-electron chi connectivity index (χ0n) is 16.6. The van der Waals surface area contributed by atoms with Crippen LogP contribution in [0.3, 0.4) is 0 Å². The zero-order chi connectivity index (χ0) is 21.8. The molecule has 0 radical (unpaired) electrons. The van der Waals surface area contributed by atoms with Crippen LogP contribution in [0.5, 0.6) is 5.75 Å². The second kappa shape index (κ2) is 9.47. The Bertz CT molecular complexity index is 1150. The average Bonchev–Trinajstić information content (AvgIpc) is 3.40. The predicted octanol–water partition coefficient (Wildman–Crippen LogP) is 3.34. The van der Waals surface area contributed by atoms with E-state index in [1.165, 1.54) is 23.9 Å². The standard InChI is InChI=1S/C20H22ClN5O3S2/c21-15-4-3-5-16(14-15)26-19(25-10-1-2-11-25)23-24-20(26)30-13-12-29-17-6-8-18(9-7-17)31(22,27)28/h3-9,14H,1-2,10-13H2,(H2,22,27,28). The number of nitrogens with zero attached hydrogens (tertiary/aromatic N) is 4. The number of benzene rings is 2. The van der Waals surface area contributed by atoms with Gasteiger partial charge < -0.3 is 9.64 Å². The second-order valence-corrected chi connectivity index (χ2v) is 10.1. The van der Waals surface area contributed by atoms with Crippen molar-refractivity contribution in [3.05, 3.63) is 53.6 Å². The van der Waals surface area contributed by atoms with Gasteiger partial charge in [0.2, 0.25) is 16.0 Å². The van der Waals surface area contributed by atoms with E-state index in [9.17, 15) is 8.42 Å². The Labute approximate surface area is 190 Å². The van der Waals surface area contributed by atoms with Gasteiger partial charge in [-0.3, -0.25) is 4.57 Å². The van der Waals surface area contributed by atoms with Gasteiger partial charge in [-0.1, -0.05) is 29.4 Å². The molecule has 2 heterocycles. The lowest BCUT2D eigenvalue weighted by molar-refractivity contribution is 0.343. The Balaban J connectivity index is 1.45. The molecule has 0 atom stereocenters. The van der Waals surface area contributed by atoms with E-state index in [2.05, 4.69) is 15.1 Å². The average molecular weight is 480 g/mol. The van der Waals surface area contributed by atoms with Gasteiger partial charge in [-0.15, -0.1) is 10.2 Å². The molecule has 0 bridgehead atoms. The van der Waals surface area contributed by atoms with Gasteiger partial charge in [-0.2, -0.15) is 0 Å². The fraction of sp³-hybridized carbons (Fsp3) is 0.300. The van der Waals surface area contributed by atoms with E-state index in [1.807, 2.05) is 28.8 Å². The first-order chi connectivity index (χ1) is 14.9. The number of halogens is 1. The van der Waals surface area contributed by atoms with E-state index in [-0.39, 0.29) is 4.90 Å². The molecule has 0 aliphatic carbocycles. The first-order valence-corrected chi connectivity index (χ1v) is 12.7. The smallest absolute Gasteiger partial charge is 0.238 e. The molecule has 164 valence electrons. The molecule has 1 fully saturated rings. The van der Waals surface area contributed by atoms with Crippen molar-refractivity contribution in [1.29, 1.82) is 0 Å². The summed E-state index contributed by atoms with van der Waals surface area (Å²) in [4.78, 5) is 2.29. The van der Waals surface area contributed by atoms with Crippen LogP contribution in [0.2, 0.25) is 5.02 Å². The molecule has 1 aliphatic rings. The van der Waals surface area contributed by atoms with Gasteiger partial charge in [-0.25, -0.2) is 13.6 Å². The Morgan fingerprint density at radius 1 is 1.10 bits per heavy atom. The number of sulfonamides is 1. The van der Waals surface area contributed by atoms with Crippen LogP contribution in [0.25, 0.3) is 5.69 Å². The van der Waals surface area contributed by atoms with E-state index < -0.39 is 10.0 Å². The first kappa shape index (κ1) is 21.9. The second-order valence-electron chi connectivity index (χ2n) is 7.01. The van der Waals surface area contributed by atoms with Crippen LogP contribution in [0, 0.1) is 0 Å². The van der Waals surface area contributed by atoms with Crippen LogP contribution in [0.4, 0.5) is 5.95 Å². The molecule has 3 aromatic rings. The Hall–Kier alpha value is -2.27. The number of thioether (sulfide) groups is 1. The Kier molecular flexibility index (Phi) is 6.71. The molecule has 0 unspecified atom stereocenters. The fourth-order valence-corrected chi connectivity index (χ4v) is 4.80. The molecular formula is C20H22ClN5O3S2. The van der Waals surface area contributed by atoms with Gasteiger partial charge in [0, 0.05) is 23.9 Å². The largest absolute Gasteiger partial charge is 0.493 e. The van der Waals surface area contributed by atoms with E-state index in [1.54, 1.807) is 12.1 Å². The third kappa shape index (κ3) is 5.32. The monoisotopic (exact) mass is 479 g/mol. The summed E-state index contributed by atoms with van der Waals surface area (Å²) in [6.45, 7) is 2.34. The molecule has 1 saturated heterocycles. The van der Waals surface area contributed by atoms with Crippen molar-refractivity contribution < 1.29 is 13.2 Å². The summed E-state index contributed by atoms with van der Waals surface area (Å²) < 4.78 is 30.4. The number of ether oxygens (including phenoxy) is 1. The summed E-state index contributed by atoms with van der Waals surface area (Å²) >= 11 is 7.75. The summed E-state index contributed by atoms with van der Waals surface area (Å²) in [7, 11) is -3.71. The minimum atomic E-state index is -3.71. The molecule has 4 rings (SSSR count). The van der Waals surface area contributed by atoms with Crippen molar-refractivity contribution in [2.45, 2.75) is 22.9 Å². The van der Waals surface area contributed by atoms with Crippen LogP contribution < -0.4 is 14.8 Å². The molecule has 1 aliphatic heterocycles. The highest BCUT2D eigenvalue weighted by Crippen LogP contribution is 2.29. The maximum absolute atomic E-state index is 11.3. The molecule has 0 amide bonds. The first-order valence-electron chi connectivity index (χ1n) is 9.76. The normalized spacial score (nSPS) is 14.2. The molecule has 0 spiro atoms. The van der Waals surface area contributed by atoms with Gasteiger partial charge in [0.25, 0.3) is 0 Å². The number of rotatable bonds is 8. The molecule has 2 aromatic carbocycles. The third-order valence-electron chi connectivity index (χ3n) is 4.81. The van der Waals surface area contributed by atoms with Crippen LogP contribution in [0.15, 0.2) is 58.6 Å². The van der Waals surface area contributed by atoms with Gasteiger partial charge in [0.1, 0.15) is 5.75 Å². The summed E-state index contributed by atoms with van der Waals surface area (Å²) in [5.41, 5.74) is 0.918. The number of hydrogen-bond donors (Lipinski definition) is 1. The van der Waals surface area contributed by atoms with E-state index >= 15 is 0 Å². The van der Waals surface area contributed by atoms with Crippen molar-refractivity contribution in [1.82, 2.24) is 14.8 Å². The van der Waals surface area contributed by atoms with Gasteiger partial charge >= 0.3 is 0 Å². The number of aromatic nitrogens is 3. The van der Waals surface area contributed by atoms with E-state index in [0.717, 1.165) is 42.7 Å². The Morgan fingerprint density at radius 2 is 1.84 bits per heavy atom. The highest BCUT2D eigenvalue weighted by Gasteiger charge is 2.22. The van der Waals surface area contributed by atoms with Crippen LogP contribution in [-0.2, 0) is 10.0 Å². The predicted molar refractivity (Wildman–Crippen MR) is 122 cm³/mol. The highest BCUT2D eigenvalue weighted by atomic mass is 35.5. The van der Waals surface area contributed by atoms with Crippen LogP contribution in [-0.4, -0.2) is 48.6 Å². The number of nitrogens with two attached hydrogens (primary N) is 1. The number of primary sulfonamides is 1. The topological polar surface area (TPSA) is 103 Å². The minimum absolute atomic E-state index is 0.0540. The van der Waals surface area contributed by atoms with Crippen molar-refractivity contribution in [2.75, 3.05) is 30.3 Å². The lowest BCUT2D eigenvalue weighted by Gasteiger charge is -2.18. The number of hydrogen-bond acceptors (Lipinski definition) is 7. The summed E-state index contributed by atoms with van der Waals surface area (Å²) in [5.74, 6) is 2.03. The van der Waals surface area contributed by atoms with Gasteiger partial charge in [-0.05, 0) is 55.3 Å². The molecular weight excluding hydrogens is 458 g/mol. The van der Waals surface area contributed by atoms with E-state index in [4.69, 9.17) is 21.5 Å². The third-order valence-corrected chi connectivity index (χ3v) is 6.86. The molecule has 2 N–H and O–H groups in total. The summed E-state index contributed by atoms with van der Waals surface area (Å²) in [6.07, 6.45) is 2.28. The van der Waals surface area contributed by atoms with Crippen molar-refractivity contribution in [3.8, 4) is 11.4 Å². The summed E-state index contributed by atoms with van der Waals surface area (Å²) in [5, 5.41) is 15.4. The number of anilines is 1. The van der Waals surface area contributed by atoms with Crippen molar-refractivity contribution in [2.24, 2.45) is 5.14 Å². The van der Waals surface area contributed by atoms with Gasteiger partial charge in [0.05, 0.1) is 17.2 Å². The van der Waals surface area contributed by atoms with Gasteiger partial charge in [0.15, 0.2) is 5.16 Å². The van der Waals surface area contributed by atoms with Crippen LogP contribution >= 0.6 is 23.4 Å². The Morgan fingerprint density at radius 3 is 2.52 bits per heavy atom. The highest BCUT2D eigenvalue weighted by molar-refractivity contribution is 7.99. The van der Waals surface area contributed by atoms with Crippen molar-refractivity contribution in [3.63, 3.8) is 0 Å². The molecule has 0 saturated carbocycles. The zero-order valence-corrected chi connectivity index (χ0v) is 19.0. The van der Waals surface area contributed by atoms with Crippen LogP contribution in [0.1, 0.15) is 12.8 Å². The molecule has 8 nitrogen and oxygen atoms in total. The summed E-state index contributed by atoms with van der Waals surface area (Å²) in [6, 6.07) is 13.7. The maximum atomic E-state index is 11.3. The maximum Gasteiger partial charge on any atom is 0.238 e. The SMILES string of the molecule is NS(=O)(=O)c1ccc(OCCSc2nnc(N3CCCC3)n2-c2cccc(Cl)c2)cc1. The van der Waals surface area contributed by atoms with Crippen molar-refractivity contribution >= 4 is 39.3 Å². The minimum Gasteiger partial charge on any atom is -0.493 e. The molecule has 11 heteroatoms. The lowest BCUT2D eigenvalue weighted by atomic mass is 10.3. The molecule has 31 heavy (non-hydrogen) atoms. The fourth-order valence-electron chi connectivity index (χ4n) is 3.34. The lowest BCUT2D eigenvalue weighted by Crippen LogP contribution is -2.22. The quantitative estimate of drug-likeness (QED) is 0.390. The molecule has 1 aromatic heterocycles.